The van der Waals surface area contributed by atoms with Gasteiger partial charge in [0.05, 0.1) is 41.0 Å². The predicted molar refractivity (Wildman–Crippen MR) is 115 cm³/mol. The molecule has 0 unspecified atom stereocenters. The average Bonchev–Trinajstić information content (AvgIpc) is 2.74. The summed E-state index contributed by atoms with van der Waals surface area (Å²) in [6, 6.07) is 7.89. The average molecular weight is 483 g/mol. The molecule has 0 radical (unpaired) electrons. The first-order valence-electron chi connectivity index (χ1n) is 9.46. The van der Waals surface area contributed by atoms with Crippen molar-refractivity contribution < 1.29 is 31.9 Å². The molecular weight excluding hydrogens is 463 g/mol. The number of hydrogen-bond donors (Lipinski definition) is 2. The molecule has 0 bridgehead atoms. The molecule has 8 nitrogen and oxygen atoms in total. The molecule has 0 fully saturated rings. The number of rotatable bonds is 7. The Morgan fingerprint density at radius 2 is 1.94 bits per heavy atom. The topological polar surface area (TPSA) is 111 Å². The van der Waals surface area contributed by atoms with Crippen LogP contribution in [0.4, 0.5) is 9.18 Å². The Morgan fingerprint density at radius 1 is 1.22 bits per heavy atom. The second-order valence-corrected chi connectivity index (χ2v) is 9.12. The van der Waals surface area contributed by atoms with Crippen molar-refractivity contribution in [1.82, 2.24) is 10.6 Å². The first-order valence-corrected chi connectivity index (χ1v) is 11.5. The smallest absolute Gasteiger partial charge is 0.338 e. The number of nitrogens with one attached hydrogen (secondary N) is 2. The van der Waals surface area contributed by atoms with Gasteiger partial charge in [-0.25, -0.2) is 22.4 Å². The molecule has 0 saturated carbocycles. The molecule has 0 spiro atoms. The van der Waals surface area contributed by atoms with Gasteiger partial charge < -0.3 is 20.1 Å². The highest BCUT2D eigenvalue weighted by atomic mass is 35.5. The van der Waals surface area contributed by atoms with Crippen LogP contribution in [0.2, 0.25) is 5.02 Å². The molecule has 170 valence electrons. The van der Waals surface area contributed by atoms with Gasteiger partial charge in [-0.15, -0.1) is 0 Å². The quantitative estimate of drug-likeness (QED) is 0.463. The molecule has 2 amide bonds. The van der Waals surface area contributed by atoms with E-state index in [-0.39, 0.29) is 27.8 Å². The zero-order valence-corrected chi connectivity index (χ0v) is 18.7. The number of hydrogen-bond acceptors (Lipinski definition) is 6. The summed E-state index contributed by atoms with van der Waals surface area (Å²) in [6.07, 6.45) is 0. The number of amides is 2. The second kappa shape index (κ2) is 9.58. The molecule has 2 N–H and O–H groups in total. The van der Waals surface area contributed by atoms with Crippen molar-refractivity contribution in [3.8, 4) is 5.75 Å². The molecule has 1 atom stereocenters. The second-order valence-electron chi connectivity index (χ2n) is 6.72. The van der Waals surface area contributed by atoms with Gasteiger partial charge in [0.1, 0.15) is 11.6 Å². The van der Waals surface area contributed by atoms with Gasteiger partial charge in [0.25, 0.3) is 0 Å². The van der Waals surface area contributed by atoms with Crippen molar-refractivity contribution >= 4 is 33.4 Å². The lowest BCUT2D eigenvalue weighted by Gasteiger charge is -2.30. The monoisotopic (exact) mass is 482 g/mol. The minimum absolute atomic E-state index is 0.0303. The molecule has 32 heavy (non-hydrogen) atoms. The van der Waals surface area contributed by atoms with E-state index in [1.807, 2.05) is 0 Å². The molecule has 11 heteroatoms. The van der Waals surface area contributed by atoms with Gasteiger partial charge in [-0.1, -0.05) is 29.8 Å². The Hall–Kier alpha value is -3.11. The number of ether oxygens (including phenoxy) is 2. The van der Waals surface area contributed by atoms with Gasteiger partial charge in [-0.2, -0.15) is 0 Å². The van der Waals surface area contributed by atoms with E-state index in [4.69, 9.17) is 21.1 Å². The van der Waals surface area contributed by atoms with E-state index in [0.717, 1.165) is 18.2 Å². The van der Waals surface area contributed by atoms with Crippen LogP contribution in [0.1, 0.15) is 18.5 Å². The van der Waals surface area contributed by atoms with Crippen molar-refractivity contribution in [2.45, 2.75) is 17.9 Å². The normalized spacial score (nSPS) is 16.2. The SMILES string of the molecule is CCOC(=O)C1=C(CS(=O)(=O)c2ccc(F)c(Cl)c2)NC(=O)N[C@@H]1c1ccccc1OC. The number of sulfone groups is 1. The van der Waals surface area contributed by atoms with Gasteiger partial charge in [-0.3, -0.25) is 0 Å². The molecule has 0 aromatic heterocycles. The lowest BCUT2D eigenvalue weighted by atomic mass is 9.95. The minimum atomic E-state index is -4.12. The van der Waals surface area contributed by atoms with Crippen LogP contribution in [0.15, 0.2) is 58.6 Å². The number of para-hydroxylation sites is 1. The lowest BCUT2D eigenvalue weighted by Crippen LogP contribution is -2.47. The van der Waals surface area contributed by atoms with Crippen molar-refractivity contribution in [2.24, 2.45) is 0 Å². The van der Waals surface area contributed by atoms with Gasteiger partial charge in [0.15, 0.2) is 9.84 Å². The Bertz CT molecular complexity index is 1200. The van der Waals surface area contributed by atoms with Crippen LogP contribution in [-0.4, -0.2) is 39.9 Å². The molecule has 1 heterocycles. The number of esters is 1. The van der Waals surface area contributed by atoms with Gasteiger partial charge in [0.2, 0.25) is 0 Å². The van der Waals surface area contributed by atoms with Crippen molar-refractivity contribution in [3.63, 3.8) is 0 Å². The summed E-state index contributed by atoms with van der Waals surface area (Å²) in [5.74, 6) is -1.95. The summed E-state index contributed by atoms with van der Waals surface area (Å²) in [5.41, 5.74) is 0.184. The highest BCUT2D eigenvalue weighted by Crippen LogP contribution is 2.34. The maximum atomic E-state index is 13.5. The van der Waals surface area contributed by atoms with E-state index in [1.54, 1.807) is 31.2 Å². The van der Waals surface area contributed by atoms with Crippen LogP contribution in [0.5, 0.6) is 5.75 Å². The van der Waals surface area contributed by atoms with E-state index >= 15 is 0 Å². The third-order valence-corrected chi connectivity index (χ3v) is 6.61. The zero-order chi connectivity index (χ0) is 23.5. The molecule has 0 saturated heterocycles. The fraction of sp³-hybridized carbons (Fsp3) is 0.238. The molecular formula is C21H20ClFN2O6S. The number of halogens is 2. The Balaban J connectivity index is 2.14. The highest BCUT2D eigenvalue weighted by molar-refractivity contribution is 7.91. The van der Waals surface area contributed by atoms with E-state index in [9.17, 15) is 22.4 Å². The summed E-state index contributed by atoms with van der Waals surface area (Å²) >= 11 is 5.72. The largest absolute Gasteiger partial charge is 0.496 e. The first kappa shape index (κ1) is 23.6. The molecule has 0 aliphatic carbocycles. The van der Waals surface area contributed by atoms with Crippen LogP contribution < -0.4 is 15.4 Å². The van der Waals surface area contributed by atoms with Crippen LogP contribution in [0.25, 0.3) is 0 Å². The fourth-order valence-corrected chi connectivity index (χ4v) is 4.86. The fourth-order valence-electron chi connectivity index (χ4n) is 3.26. The van der Waals surface area contributed by atoms with E-state index in [2.05, 4.69) is 10.6 Å². The molecule has 2 aromatic rings. The van der Waals surface area contributed by atoms with Crippen LogP contribution in [0, 0.1) is 5.82 Å². The molecule has 3 rings (SSSR count). The number of benzene rings is 2. The third-order valence-electron chi connectivity index (χ3n) is 4.68. The molecule has 1 aliphatic rings. The summed E-state index contributed by atoms with van der Waals surface area (Å²) in [4.78, 5) is 25.0. The van der Waals surface area contributed by atoms with E-state index in [0.29, 0.717) is 11.3 Å². The molecule has 1 aliphatic heterocycles. The zero-order valence-electron chi connectivity index (χ0n) is 17.1. The van der Waals surface area contributed by atoms with Crippen LogP contribution >= 0.6 is 11.6 Å². The summed E-state index contributed by atoms with van der Waals surface area (Å²) in [7, 11) is -2.69. The van der Waals surface area contributed by atoms with E-state index < -0.39 is 39.4 Å². The van der Waals surface area contributed by atoms with Crippen molar-refractivity contribution in [2.75, 3.05) is 19.5 Å². The maximum Gasteiger partial charge on any atom is 0.338 e. The van der Waals surface area contributed by atoms with Crippen molar-refractivity contribution in [3.05, 3.63) is 70.1 Å². The van der Waals surface area contributed by atoms with Gasteiger partial charge >= 0.3 is 12.0 Å². The number of urea groups is 1. The van der Waals surface area contributed by atoms with Crippen LogP contribution in [-0.2, 0) is 19.4 Å². The van der Waals surface area contributed by atoms with Gasteiger partial charge in [-0.05, 0) is 31.2 Å². The third kappa shape index (κ3) is 4.86. The summed E-state index contributed by atoms with van der Waals surface area (Å²) in [6.45, 7) is 1.63. The Labute approximate surface area is 189 Å². The van der Waals surface area contributed by atoms with Crippen molar-refractivity contribution in [1.29, 1.82) is 0 Å². The number of methoxy groups -OCH3 is 1. The summed E-state index contributed by atoms with van der Waals surface area (Å²) in [5, 5.41) is 4.64. The Morgan fingerprint density at radius 3 is 2.59 bits per heavy atom. The van der Waals surface area contributed by atoms with Gasteiger partial charge in [0, 0.05) is 11.3 Å². The minimum Gasteiger partial charge on any atom is -0.496 e. The lowest BCUT2D eigenvalue weighted by molar-refractivity contribution is -0.139. The molecule has 2 aromatic carbocycles. The van der Waals surface area contributed by atoms with E-state index in [1.165, 1.54) is 7.11 Å². The maximum absolute atomic E-state index is 13.5. The highest BCUT2D eigenvalue weighted by Gasteiger charge is 2.37. The predicted octanol–water partition coefficient (Wildman–Crippen LogP) is 3.13. The standard InChI is InChI=1S/C21H20ClFN2O6S/c1-3-31-20(26)18-16(11-32(28,29)12-8-9-15(23)14(22)10-12)24-21(27)25-19(18)13-6-4-5-7-17(13)30-2/h4-10,19H,3,11H2,1-2H3,(H2,24,25,27)/t19-/m1/s1. The number of carbonyl (C=O) groups is 2. The van der Waals surface area contributed by atoms with Crippen LogP contribution in [0.3, 0.4) is 0 Å². The first-order chi connectivity index (χ1) is 15.2. The number of carbonyl (C=O) groups excluding carboxylic acids is 2. The summed E-state index contributed by atoms with van der Waals surface area (Å²) < 4.78 is 50.0. The Kier molecular flexibility index (Phi) is 7.05.